The molecule has 2 aliphatic rings. The van der Waals surface area contributed by atoms with E-state index >= 15 is 0 Å². The molecule has 4 heterocycles. The highest BCUT2D eigenvalue weighted by atomic mass is 35.5. The fourth-order valence-electron chi connectivity index (χ4n) is 4.86. The number of nitrogens with one attached hydrogen (secondary N) is 1. The minimum absolute atomic E-state index is 0.303. The Morgan fingerprint density at radius 3 is 2.59 bits per heavy atom. The van der Waals surface area contributed by atoms with E-state index in [9.17, 15) is 4.39 Å². The molecule has 0 bridgehead atoms. The number of anilines is 1. The van der Waals surface area contributed by atoms with Crippen molar-refractivity contribution >= 4 is 17.4 Å². The summed E-state index contributed by atoms with van der Waals surface area (Å²) in [4.78, 5) is 8.00. The number of halogens is 2. The fourth-order valence-corrected chi connectivity index (χ4v) is 5.06. The van der Waals surface area contributed by atoms with Crippen molar-refractivity contribution in [2.24, 2.45) is 0 Å². The number of pyridine rings is 2. The van der Waals surface area contributed by atoms with Crippen LogP contribution in [0.4, 0.5) is 10.2 Å². The molecule has 0 amide bonds. The molecule has 5 nitrogen and oxygen atoms in total. The van der Waals surface area contributed by atoms with E-state index in [0.29, 0.717) is 33.9 Å². The van der Waals surface area contributed by atoms with E-state index in [0.717, 1.165) is 50.1 Å². The summed E-state index contributed by atoms with van der Waals surface area (Å²) in [6.45, 7) is 2.68. The molecule has 0 saturated carbocycles. The molecule has 5 rings (SSSR count). The van der Waals surface area contributed by atoms with Crippen LogP contribution in [0.3, 0.4) is 0 Å². The van der Waals surface area contributed by atoms with E-state index in [1.807, 2.05) is 6.07 Å². The molecular weight excluding hydrogens is 427 g/mol. The van der Waals surface area contributed by atoms with Gasteiger partial charge in [-0.1, -0.05) is 23.7 Å². The molecule has 2 fully saturated rings. The molecule has 1 aromatic carbocycles. The molecule has 0 spiro atoms. The summed E-state index contributed by atoms with van der Waals surface area (Å²) in [7, 11) is 0. The van der Waals surface area contributed by atoms with Gasteiger partial charge in [-0.2, -0.15) is 4.39 Å². The van der Waals surface area contributed by atoms with Crippen molar-refractivity contribution in [3.63, 3.8) is 0 Å². The van der Waals surface area contributed by atoms with Gasteiger partial charge in [0.1, 0.15) is 5.82 Å². The number of rotatable bonds is 4. The van der Waals surface area contributed by atoms with Crippen LogP contribution in [0.5, 0.6) is 0 Å². The normalized spacial score (nSPS) is 19.4. The Morgan fingerprint density at radius 1 is 0.969 bits per heavy atom. The van der Waals surface area contributed by atoms with Gasteiger partial charge in [0, 0.05) is 54.4 Å². The fraction of sp³-hybridized carbons (Fsp3) is 0.360. The van der Waals surface area contributed by atoms with Crippen molar-refractivity contribution in [1.29, 1.82) is 0 Å². The van der Waals surface area contributed by atoms with Crippen LogP contribution in [0.25, 0.3) is 22.3 Å². The summed E-state index contributed by atoms with van der Waals surface area (Å²) in [5, 5.41) is 3.99. The van der Waals surface area contributed by atoms with Crippen LogP contribution in [0.1, 0.15) is 48.8 Å². The van der Waals surface area contributed by atoms with Gasteiger partial charge < -0.3 is 15.8 Å². The highest BCUT2D eigenvalue weighted by Crippen LogP contribution is 2.39. The zero-order valence-electron chi connectivity index (χ0n) is 17.8. The van der Waals surface area contributed by atoms with Gasteiger partial charge in [-0.3, -0.25) is 0 Å². The Bertz CT molecular complexity index is 1130. The summed E-state index contributed by atoms with van der Waals surface area (Å²) in [5.41, 5.74) is 12.0. The van der Waals surface area contributed by atoms with Gasteiger partial charge >= 0.3 is 0 Å². The Morgan fingerprint density at radius 2 is 1.81 bits per heavy atom. The second kappa shape index (κ2) is 9.14. The van der Waals surface area contributed by atoms with Gasteiger partial charge in [0.2, 0.25) is 5.95 Å². The minimum Gasteiger partial charge on any atom is -0.383 e. The van der Waals surface area contributed by atoms with Gasteiger partial charge in [0.25, 0.3) is 0 Å². The average molecular weight is 453 g/mol. The number of hydrogen-bond donors (Lipinski definition) is 2. The van der Waals surface area contributed by atoms with Crippen LogP contribution in [-0.4, -0.2) is 29.7 Å². The third kappa shape index (κ3) is 4.22. The van der Waals surface area contributed by atoms with E-state index in [4.69, 9.17) is 22.1 Å². The molecule has 2 saturated heterocycles. The molecule has 7 heteroatoms. The first kappa shape index (κ1) is 21.3. The molecule has 3 aromatic rings. The quantitative estimate of drug-likeness (QED) is 0.511. The summed E-state index contributed by atoms with van der Waals surface area (Å²) in [5.74, 6) is 0.219. The largest absolute Gasteiger partial charge is 0.383 e. The van der Waals surface area contributed by atoms with Crippen molar-refractivity contribution in [2.75, 3.05) is 25.5 Å². The maximum atomic E-state index is 13.8. The number of nitrogens with two attached hydrogens (primary N) is 1. The third-order valence-electron chi connectivity index (χ3n) is 6.55. The molecule has 0 radical (unpaired) electrons. The van der Waals surface area contributed by atoms with Crippen molar-refractivity contribution in [3.8, 4) is 22.3 Å². The molecule has 1 atom stereocenters. The topological polar surface area (TPSA) is 73.1 Å². The molecule has 3 N–H and O–H groups in total. The number of nitrogens with zero attached hydrogens (tertiary/aromatic N) is 2. The number of ether oxygens (including phenoxy) is 1. The highest BCUT2D eigenvalue weighted by Gasteiger charge is 2.25. The smallest absolute Gasteiger partial charge is 0.213 e. The number of hydrogen-bond acceptors (Lipinski definition) is 5. The summed E-state index contributed by atoms with van der Waals surface area (Å²) in [6.07, 6.45) is 7.49. The van der Waals surface area contributed by atoms with Crippen LogP contribution < -0.4 is 11.1 Å². The molecular formula is C25H26ClFN4O. The summed E-state index contributed by atoms with van der Waals surface area (Å²) < 4.78 is 19.4. The highest BCUT2D eigenvalue weighted by molar-refractivity contribution is 6.33. The Labute approximate surface area is 192 Å². The van der Waals surface area contributed by atoms with Crippen molar-refractivity contribution in [2.45, 2.75) is 37.6 Å². The molecule has 0 unspecified atom stereocenters. The van der Waals surface area contributed by atoms with Gasteiger partial charge in [-0.05, 0) is 67.0 Å². The van der Waals surface area contributed by atoms with E-state index in [1.54, 1.807) is 6.20 Å². The first-order chi connectivity index (χ1) is 15.6. The van der Waals surface area contributed by atoms with Crippen molar-refractivity contribution in [1.82, 2.24) is 15.3 Å². The zero-order valence-corrected chi connectivity index (χ0v) is 18.5. The molecule has 166 valence electrons. The van der Waals surface area contributed by atoms with Crippen molar-refractivity contribution < 1.29 is 9.13 Å². The lowest BCUT2D eigenvalue weighted by Crippen LogP contribution is -2.19. The lowest BCUT2D eigenvalue weighted by Gasteiger charge is -2.27. The lowest BCUT2D eigenvalue weighted by atomic mass is 9.84. The van der Waals surface area contributed by atoms with E-state index < -0.39 is 5.95 Å². The lowest BCUT2D eigenvalue weighted by molar-refractivity contribution is 0.0851. The third-order valence-corrected chi connectivity index (χ3v) is 6.85. The number of nitrogen functional groups attached to an aromatic ring is 1. The van der Waals surface area contributed by atoms with E-state index in [2.05, 4.69) is 33.5 Å². The second-order valence-corrected chi connectivity index (χ2v) is 8.93. The van der Waals surface area contributed by atoms with Gasteiger partial charge in [-0.25, -0.2) is 9.97 Å². The number of aromatic nitrogens is 2. The SMILES string of the molecule is Nc1ncc(-c2ccc(C3CCOCC3)c([C@@H]3CCCN3)c2)cc1-c1cc(F)ncc1Cl. The van der Waals surface area contributed by atoms with Crippen LogP contribution in [-0.2, 0) is 4.74 Å². The summed E-state index contributed by atoms with van der Waals surface area (Å²) in [6, 6.07) is 10.3. The Kier molecular flexibility index (Phi) is 6.09. The maximum Gasteiger partial charge on any atom is 0.213 e. The Balaban J connectivity index is 1.57. The standard InChI is InChI=1S/C25H26ClFN4O/c26-22-14-30-24(27)12-19(22)21-11-17(13-31-25(21)28)16-3-4-18(15-5-8-32-9-6-15)20(10-16)23-2-1-7-29-23/h3-4,10-15,23,29H,1-2,5-9H2,(H2,28,31)/t23-/m0/s1. The Hall–Kier alpha value is -2.54. The van der Waals surface area contributed by atoms with Crippen LogP contribution in [0, 0.1) is 5.95 Å². The predicted molar refractivity (Wildman–Crippen MR) is 125 cm³/mol. The van der Waals surface area contributed by atoms with Crippen LogP contribution >= 0.6 is 11.6 Å². The van der Waals surface area contributed by atoms with Gasteiger partial charge in [0.15, 0.2) is 0 Å². The molecule has 0 aliphatic carbocycles. The first-order valence-corrected chi connectivity index (χ1v) is 11.5. The van der Waals surface area contributed by atoms with Gasteiger partial charge in [0.05, 0.1) is 5.02 Å². The van der Waals surface area contributed by atoms with Gasteiger partial charge in [-0.15, -0.1) is 0 Å². The first-order valence-electron chi connectivity index (χ1n) is 11.1. The maximum absolute atomic E-state index is 13.8. The summed E-state index contributed by atoms with van der Waals surface area (Å²) >= 11 is 6.29. The molecule has 2 aliphatic heterocycles. The second-order valence-electron chi connectivity index (χ2n) is 8.52. The monoisotopic (exact) mass is 452 g/mol. The van der Waals surface area contributed by atoms with Crippen LogP contribution in [0.2, 0.25) is 5.02 Å². The van der Waals surface area contributed by atoms with E-state index in [-0.39, 0.29) is 0 Å². The number of benzene rings is 1. The predicted octanol–water partition coefficient (Wildman–Crippen LogP) is 5.50. The van der Waals surface area contributed by atoms with Crippen LogP contribution in [0.15, 0.2) is 42.7 Å². The zero-order chi connectivity index (χ0) is 22.1. The van der Waals surface area contributed by atoms with Crippen molar-refractivity contribution in [3.05, 3.63) is 64.8 Å². The van der Waals surface area contributed by atoms with E-state index in [1.165, 1.54) is 29.8 Å². The minimum atomic E-state index is -0.607. The average Bonchev–Trinajstić information content (AvgIpc) is 3.36. The molecule has 32 heavy (non-hydrogen) atoms. The molecule has 2 aromatic heterocycles.